The molecule has 1 amide bonds. The number of aromatic hydroxyl groups is 1. The van der Waals surface area contributed by atoms with Gasteiger partial charge in [0.2, 0.25) is 0 Å². The summed E-state index contributed by atoms with van der Waals surface area (Å²) in [5.41, 5.74) is 0.410. The van der Waals surface area contributed by atoms with Crippen LogP contribution in [0.2, 0.25) is 0 Å². The van der Waals surface area contributed by atoms with Gasteiger partial charge >= 0.3 is 5.97 Å². The van der Waals surface area contributed by atoms with Crippen molar-refractivity contribution < 1.29 is 19.4 Å². The topological polar surface area (TPSA) is 108 Å². The molecule has 0 aliphatic carbocycles. The second-order valence-corrected chi connectivity index (χ2v) is 5.07. The molecule has 0 radical (unpaired) electrons. The molecule has 3 N–H and O–H groups in total. The fourth-order valence-electron chi connectivity index (χ4n) is 1.69. The molecule has 0 unspecified atom stereocenters. The van der Waals surface area contributed by atoms with Crippen LogP contribution in [-0.2, 0) is 4.74 Å². The van der Waals surface area contributed by atoms with Gasteiger partial charge in [-0.05, 0) is 17.9 Å². The second-order valence-electron chi connectivity index (χ2n) is 4.19. The Labute approximate surface area is 123 Å². The van der Waals surface area contributed by atoms with E-state index in [9.17, 15) is 19.5 Å². The molecule has 21 heavy (non-hydrogen) atoms. The SMILES string of the molecule is COC(=O)c1scc(C)c1NC(=O)c1cc(O)[nH]c(=O)c1. The maximum atomic E-state index is 12.1. The summed E-state index contributed by atoms with van der Waals surface area (Å²) < 4.78 is 4.64. The molecule has 0 atom stereocenters. The highest BCUT2D eigenvalue weighted by Crippen LogP contribution is 2.28. The van der Waals surface area contributed by atoms with Gasteiger partial charge in [0.1, 0.15) is 4.88 Å². The zero-order valence-corrected chi connectivity index (χ0v) is 12.0. The molecule has 2 heterocycles. The van der Waals surface area contributed by atoms with E-state index in [2.05, 4.69) is 15.0 Å². The van der Waals surface area contributed by atoms with Crippen molar-refractivity contribution in [3.05, 3.63) is 43.9 Å². The van der Waals surface area contributed by atoms with Crippen LogP contribution in [0.3, 0.4) is 0 Å². The minimum Gasteiger partial charge on any atom is -0.494 e. The Morgan fingerprint density at radius 2 is 2.10 bits per heavy atom. The number of methoxy groups -OCH3 is 1. The molecule has 0 spiro atoms. The number of hydrogen-bond acceptors (Lipinski definition) is 6. The van der Waals surface area contributed by atoms with E-state index in [-0.39, 0.29) is 10.4 Å². The van der Waals surface area contributed by atoms with Gasteiger partial charge in [0.25, 0.3) is 11.5 Å². The van der Waals surface area contributed by atoms with Gasteiger partial charge in [-0.2, -0.15) is 0 Å². The smallest absolute Gasteiger partial charge is 0.350 e. The lowest BCUT2D eigenvalue weighted by atomic mass is 10.2. The largest absolute Gasteiger partial charge is 0.494 e. The predicted octanol–water partition coefficient (Wildman–Crippen LogP) is 1.49. The average Bonchev–Trinajstić information content (AvgIpc) is 2.78. The van der Waals surface area contributed by atoms with Gasteiger partial charge in [0.05, 0.1) is 18.4 Å². The van der Waals surface area contributed by atoms with Gasteiger partial charge in [-0.25, -0.2) is 4.79 Å². The van der Waals surface area contributed by atoms with E-state index < -0.39 is 23.3 Å². The first-order valence-electron chi connectivity index (χ1n) is 5.83. The van der Waals surface area contributed by atoms with Crippen LogP contribution < -0.4 is 10.9 Å². The molecule has 0 saturated carbocycles. The summed E-state index contributed by atoms with van der Waals surface area (Å²) >= 11 is 1.15. The maximum Gasteiger partial charge on any atom is 0.350 e. The highest BCUT2D eigenvalue weighted by molar-refractivity contribution is 7.12. The third-order valence-corrected chi connectivity index (χ3v) is 3.75. The Morgan fingerprint density at radius 1 is 1.38 bits per heavy atom. The molecule has 0 aliphatic rings. The molecule has 2 aromatic heterocycles. The predicted molar refractivity (Wildman–Crippen MR) is 77.1 cm³/mol. The number of amides is 1. The zero-order chi connectivity index (χ0) is 15.6. The van der Waals surface area contributed by atoms with E-state index in [1.807, 2.05) is 0 Å². The molecule has 0 fully saturated rings. The molecule has 0 aliphatic heterocycles. The lowest BCUT2D eigenvalue weighted by Crippen LogP contribution is -2.17. The summed E-state index contributed by atoms with van der Waals surface area (Å²) in [4.78, 5) is 37.3. The Morgan fingerprint density at radius 3 is 2.71 bits per heavy atom. The number of anilines is 1. The number of carbonyl (C=O) groups is 2. The monoisotopic (exact) mass is 308 g/mol. The number of nitrogens with one attached hydrogen (secondary N) is 2. The number of hydrogen-bond donors (Lipinski definition) is 3. The number of esters is 1. The zero-order valence-electron chi connectivity index (χ0n) is 11.2. The minimum absolute atomic E-state index is 0.0161. The standard InChI is InChI=1S/C13H12N2O5S/c1-6-5-21-11(13(19)20-2)10(6)15-12(18)7-3-8(16)14-9(17)4-7/h3-5H,1-2H3,(H,15,18)(H2,14,16,17). The summed E-state index contributed by atoms with van der Waals surface area (Å²) in [6.07, 6.45) is 0. The van der Waals surface area contributed by atoms with E-state index in [1.165, 1.54) is 7.11 Å². The molecule has 2 aromatic rings. The van der Waals surface area contributed by atoms with Crippen LogP contribution in [0.4, 0.5) is 5.69 Å². The first-order valence-corrected chi connectivity index (χ1v) is 6.71. The second kappa shape index (κ2) is 5.80. The number of thiophene rings is 1. The van der Waals surface area contributed by atoms with Crippen LogP contribution in [0.1, 0.15) is 25.6 Å². The van der Waals surface area contributed by atoms with E-state index >= 15 is 0 Å². The third-order valence-electron chi connectivity index (χ3n) is 2.68. The van der Waals surface area contributed by atoms with E-state index in [1.54, 1.807) is 12.3 Å². The number of aryl methyl sites for hydroxylation is 1. The van der Waals surface area contributed by atoms with Crippen molar-refractivity contribution in [1.82, 2.24) is 4.98 Å². The number of rotatable bonds is 3. The fraction of sp³-hybridized carbons (Fsp3) is 0.154. The van der Waals surface area contributed by atoms with Crippen LogP contribution in [-0.4, -0.2) is 29.1 Å². The number of H-pyrrole nitrogens is 1. The van der Waals surface area contributed by atoms with Crippen LogP contribution in [0.5, 0.6) is 5.88 Å². The number of pyridine rings is 1. The van der Waals surface area contributed by atoms with Crippen LogP contribution in [0.25, 0.3) is 0 Å². The normalized spacial score (nSPS) is 10.2. The molecule has 7 nitrogen and oxygen atoms in total. The summed E-state index contributed by atoms with van der Waals surface area (Å²) in [6.45, 7) is 1.73. The highest BCUT2D eigenvalue weighted by atomic mass is 32.1. The fourth-order valence-corrected chi connectivity index (χ4v) is 2.61. The third kappa shape index (κ3) is 3.11. The Bertz CT molecular complexity index is 762. The molecular weight excluding hydrogens is 296 g/mol. The Kier molecular flexibility index (Phi) is 4.08. The van der Waals surface area contributed by atoms with Crippen molar-refractivity contribution in [3.63, 3.8) is 0 Å². The van der Waals surface area contributed by atoms with Crippen molar-refractivity contribution in [2.24, 2.45) is 0 Å². The number of aromatic amines is 1. The summed E-state index contributed by atoms with van der Waals surface area (Å²) in [5.74, 6) is -1.58. The summed E-state index contributed by atoms with van der Waals surface area (Å²) in [6, 6.07) is 2.17. The lowest BCUT2D eigenvalue weighted by Gasteiger charge is -2.07. The highest BCUT2D eigenvalue weighted by Gasteiger charge is 2.19. The number of aromatic nitrogens is 1. The first-order chi connectivity index (χ1) is 9.92. The molecule has 8 heteroatoms. The van der Waals surface area contributed by atoms with Crippen LogP contribution >= 0.6 is 11.3 Å². The van der Waals surface area contributed by atoms with E-state index in [4.69, 9.17) is 0 Å². The van der Waals surface area contributed by atoms with Crippen LogP contribution in [0.15, 0.2) is 22.3 Å². The van der Waals surface area contributed by atoms with Crippen molar-refractivity contribution in [1.29, 1.82) is 0 Å². The van der Waals surface area contributed by atoms with Gasteiger partial charge in [-0.15, -0.1) is 11.3 Å². The van der Waals surface area contributed by atoms with E-state index in [0.717, 1.165) is 23.5 Å². The van der Waals surface area contributed by atoms with Gasteiger partial charge in [0, 0.05) is 12.1 Å². The van der Waals surface area contributed by atoms with Crippen molar-refractivity contribution in [3.8, 4) is 5.88 Å². The number of carbonyl (C=O) groups excluding carboxylic acids is 2. The molecule has 110 valence electrons. The van der Waals surface area contributed by atoms with Crippen LogP contribution in [0, 0.1) is 6.92 Å². The Hall–Kier alpha value is -2.61. The maximum absolute atomic E-state index is 12.1. The Balaban J connectivity index is 2.34. The van der Waals surface area contributed by atoms with Gasteiger partial charge in [0.15, 0.2) is 5.88 Å². The van der Waals surface area contributed by atoms with Gasteiger partial charge in [-0.1, -0.05) is 0 Å². The van der Waals surface area contributed by atoms with Crippen molar-refractivity contribution in [2.75, 3.05) is 12.4 Å². The first kappa shape index (κ1) is 14.8. The summed E-state index contributed by atoms with van der Waals surface area (Å²) in [5, 5.41) is 13.6. The molecular formula is C13H12N2O5S. The van der Waals surface area contributed by atoms with Crippen molar-refractivity contribution >= 4 is 28.9 Å². The lowest BCUT2D eigenvalue weighted by molar-refractivity contribution is 0.0607. The quantitative estimate of drug-likeness (QED) is 0.744. The molecule has 0 bridgehead atoms. The van der Waals surface area contributed by atoms with E-state index in [0.29, 0.717) is 11.3 Å². The summed E-state index contributed by atoms with van der Waals surface area (Å²) in [7, 11) is 1.25. The van der Waals surface area contributed by atoms with Gasteiger partial charge in [-0.3, -0.25) is 14.6 Å². The molecule has 0 saturated heterocycles. The molecule has 0 aromatic carbocycles. The van der Waals surface area contributed by atoms with Crippen molar-refractivity contribution in [2.45, 2.75) is 6.92 Å². The average molecular weight is 308 g/mol. The molecule has 2 rings (SSSR count). The minimum atomic E-state index is -0.608. The number of ether oxygens (including phenoxy) is 1. The van der Waals surface area contributed by atoms with Gasteiger partial charge < -0.3 is 15.2 Å².